The highest BCUT2D eigenvalue weighted by atomic mass is 19.1. The quantitative estimate of drug-likeness (QED) is 0.649. The van der Waals surface area contributed by atoms with Gasteiger partial charge in [0.05, 0.1) is 19.5 Å². The van der Waals surface area contributed by atoms with Crippen LogP contribution in [0.3, 0.4) is 0 Å². The van der Waals surface area contributed by atoms with Crippen molar-refractivity contribution in [2.75, 3.05) is 7.11 Å². The van der Waals surface area contributed by atoms with E-state index in [9.17, 15) is 4.39 Å². The number of aromatic nitrogens is 1. The number of ether oxygens (including phenoxy) is 1. The topological polar surface area (TPSA) is 22.1 Å². The Kier molecular flexibility index (Phi) is 2.41. The molecule has 1 heterocycles. The van der Waals surface area contributed by atoms with Crippen molar-refractivity contribution in [3.63, 3.8) is 0 Å². The first-order valence-corrected chi connectivity index (χ1v) is 3.46. The maximum atomic E-state index is 12.9. The third kappa shape index (κ3) is 1.48. The zero-order valence-electron chi connectivity index (χ0n) is 6.60. The first-order chi connectivity index (χ1) is 5.29. The van der Waals surface area contributed by atoms with Gasteiger partial charge < -0.3 is 4.74 Å². The molecule has 0 saturated heterocycles. The van der Waals surface area contributed by atoms with Crippen molar-refractivity contribution < 1.29 is 9.13 Å². The lowest BCUT2D eigenvalue weighted by atomic mass is 10.2. The molecule has 1 aromatic heterocycles. The normalized spacial score (nSPS) is 9.73. The summed E-state index contributed by atoms with van der Waals surface area (Å²) in [5.74, 6) is 0.222. The van der Waals surface area contributed by atoms with E-state index in [-0.39, 0.29) is 5.82 Å². The monoisotopic (exact) mass is 155 g/mol. The van der Waals surface area contributed by atoms with Crippen LogP contribution in [0.1, 0.15) is 12.5 Å². The average Bonchev–Trinajstić information content (AvgIpc) is 2.04. The van der Waals surface area contributed by atoms with E-state index in [0.717, 1.165) is 0 Å². The van der Waals surface area contributed by atoms with Crippen molar-refractivity contribution in [3.05, 3.63) is 23.8 Å². The molecule has 0 amide bonds. The fraction of sp³-hybridized carbons (Fsp3) is 0.375. The molecule has 1 rings (SSSR count). The van der Waals surface area contributed by atoms with Crippen LogP contribution in [0.5, 0.6) is 5.75 Å². The van der Waals surface area contributed by atoms with Crippen LogP contribution in [-0.2, 0) is 6.42 Å². The second kappa shape index (κ2) is 3.32. The van der Waals surface area contributed by atoms with Gasteiger partial charge in [0, 0.05) is 5.56 Å². The van der Waals surface area contributed by atoms with E-state index in [4.69, 9.17) is 4.74 Å². The molecule has 0 aromatic carbocycles. The predicted molar refractivity (Wildman–Crippen MR) is 40.1 cm³/mol. The molecule has 0 aliphatic rings. The van der Waals surface area contributed by atoms with Gasteiger partial charge >= 0.3 is 0 Å². The van der Waals surface area contributed by atoms with Crippen LogP contribution in [0, 0.1) is 5.82 Å². The summed E-state index contributed by atoms with van der Waals surface area (Å²) >= 11 is 0. The number of rotatable bonds is 2. The summed E-state index contributed by atoms with van der Waals surface area (Å²) in [4.78, 5) is 3.66. The van der Waals surface area contributed by atoms with Gasteiger partial charge in [-0.2, -0.15) is 0 Å². The first kappa shape index (κ1) is 7.98. The molecule has 0 spiro atoms. The minimum Gasteiger partial charge on any atom is -0.495 e. The first-order valence-electron chi connectivity index (χ1n) is 3.46. The molecule has 0 fully saturated rings. The van der Waals surface area contributed by atoms with Crippen LogP contribution in [0.15, 0.2) is 12.4 Å². The number of methoxy groups -OCH3 is 1. The molecule has 0 aliphatic heterocycles. The Morgan fingerprint density at radius 1 is 1.55 bits per heavy atom. The van der Waals surface area contributed by atoms with Gasteiger partial charge in [-0.3, -0.25) is 4.98 Å². The van der Waals surface area contributed by atoms with Crippen molar-refractivity contribution in [2.24, 2.45) is 0 Å². The van der Waals surface area contributed by atoms with E-state index >= 15 is 0 Å². The molecular weight excluding hydrogens is 145 g/mol. The van der Waals surface area contributed by atoms with Crippen LogP contribution in [0.25, 0.3) is 0 Å². The van der Waals surface area contributed by atoms with Gasteiger partial charge in [0.15, 0.2) is 0 Å². The van der Waals surface area contributed by atoms with Crippen LogP contribution >= 0.6 is 0 Å². The maximum absolute atomic E-state index is 12.9. The third-order valence-corrected chi connectivity index (χ3v) is 1.54. The molecule has 0 aliphatic carbocycles. The van der Waals surface area contributed by atoms with Crippen LogP contribution in [-0.4, -0.2) is 12.1 Å². The Morgan fingerprint density at radius 2 is 2.27 bits per heavy atom. The predicted octanol–water partition coefficient (Wildman–Crippen LogP) is 1.79. The molecule has 0 atom stereocenters. The summed E-state index contributed by atoms with van der Waals surface area (Å²) in [6.45, 7) is 1.88. The van der Waals surface area contributed by atoms with E-state index < -0.39 is 0 Å². The summed E-state index contributed by atoms with van der Waals surface area (Å²) in [6.07, 6.45) is 3.33. The van der Waals surface area contributed by atoms with Gasteiger partial charge in [-0.1, -0.05) is 6.92 Å². The maximum Gasteiger partial charge on any atom is 0.148 e. The lowest BCUT2D eigenvalue weighted by Crippen LogP contribution is -1.95. The van der Waals surface area contributed by atoms with E-state index in [1.165, 1.54) is 19.5 Å². The molecule has 3 heteroatoms. The molecule has 0 unspecified atom stereocenters. The molecule has 60 valence electrons. The Hall–Kier alpha value is -1.12. The van der Waals surface area contributed by atoms with Gasteiger partial charge in [0.1, 0.15) is 11.6 Å². The number of hydrogen-bond donors (Lipinski definition) is 0. The van der Waals surface area contributed by atoms with Crippen molar-refractivity contribution in [1.29, 1.82) is 0 Å². The van der Waals surface area contributed by atoms with Crippen molar-refractivity contribution in [1.82, 2.24) is 4.98 Å². The van der Waals surface area contributed by atoms with Gasteiger partial charge in [-0.15, -0.1) is 0 Å². The summed E-state index contributed by atoms with van der Waals surface area (Å²) in [5.41, 5.74) is 0.586. The highest BCUT2D eigenvalue weighted by Gasteiger charge is 2.05. The molecule has 0 saturated carbocycles. The largest absolute Gasteiger partial charge is 0.495 e. The Bertz CT molecular complexity index is 250. The van der Waals surface area contributed by atoms with E-state index in [1.54, 1.807) is 0 Å². The van der Waals surface area contributed by atoms with Gasteiger partial charge in [-0.25, -0.2) is 4.39 Å². The van der Waals surface area contributed by atoms with Gasteiger partial charge in [-0.05, 0) is 6.42 Å². The zero-order valence-corrected chi connectivity index (χ0v) is 6.60. The average molecular weight is 155 g/mol. The van der Waals surface area contributed by atoms with Gasteiger partial charge in [0.25, 0.3) is 0 Å². The Balaban J connectivity index is 3.13. The van der Waals surface area contributed by atoms with Crippen LogP contribution in [0.4, 0.5) is 4.39 Å². The second-order valence-electron chi connectivity index (χ2n) is 2.16. The van der Waals surface area contributed by atoms with Crippen molar-refractivity contribution >= 4 is 0 Å². The fourth-order valence-electron chi connectivity index (χ4n) is 0.963. The zero-order chi connectivity index (χ0) is 8.27. The number of halogens is 1. The molecular formula is C8H10FNO. The lowest BCUT2D eigenvalue weighted by Gasteiger charge is -2.05. The molecule has 1 aromatic rings. The van der Waals surface area contributed by atoms with Crippen LogP contribution < -0.4 is 4.74 Å². The molecule has 0 bridgehead atoms. The molecule has 11 heavy (non-hydrogen) atoms. The summed E-state index contributed by atoms with van der Waals surface area (Å²) in [5, 5.41) is 0. The van der Waals surface area contributed by atoms with E-state index in [1.807, 2.05) is 6.92 Å². The fourth-order valence-corrected chi connectivity index (χ4v) is 0.963. The van der Waals surface area contributed by atoms with Crippen LogP contribution in [0.2, 0.25) is 0 Å². The second-order valence-corrected chi connectivity index (χ2v) is 2.16. The van der Waals surface area contributed by atoms with Crippen molar-refractivity contribution in [2.45, 2.75) is 13.3 Å². The van der Waals surface area contributed by atoms with Gasteiger partial charge in [0.2, 0.25) is 0 Å². The van der Waals surface area contributed by atoms with Crippen molar-refractivity contribution in [3.8, 4) is 5.75 Å². The molecule has 0 N–H and O–H groups in total. The summed E-state index contributed by atoms with van der Waals surface area (Å²) < 4.78 is 17.8. The molecule has 2 nitrogen and oxygen atoms in total. The number of nitrogens with zero attached hydrogens (tertiary/aromatic N) is 1. The number of pyridine rings is 1. The Morgan fingerprint density at radius 3 is 2.73 bits per heavy atom. The smallest absolute Gasteiger partial charge is 0.148 e. The highest BCUT2D eigenvalue weighted by molar-refractivity contribution is 5.30. The van der Waals surface area contributed by atoms with E-state index in [2.05, 4.69) is 4.98 Å². The summed E-state index contributed by atoms with van der Waals surface area (Å²) in [6, 6.07) is 0. The third-order valence-electron chi connectivity index (χ3n) is 1.54. The van der Waals surface area contributed by atoms with E-state index in [0.29, 0.717) is 17.7 Å². The molecule has 0 radical (unpaired) electrons. The highest BCUT2D eigenvalue weighted by Crippen LogP contribution is 2.19. The minimum atomic E-state index is -0.299. The lowest BCUT2D eigenvalue weighted by molar-refractivity contribution is 0.402. The standard InChI is InChI=1S/C8H10FNO/c1-3-6-7(9)4-10-5-8(6)11-2/h4-5H,3H2,1-2H3. The minimum absolute atomic E-state index is 0.299. The Labute approximate surface area is 65.0 Å². The summed E-state index contributed by atoms with van der Waals surface area (Å²) in [7, 11) is 1.51. The number of hydrogen-bond acceptors (Lipinski definition) is 2. The SMILES string of the molecule is CCc1c(F)cncc1OC.